The topological polar surface area (TPSA) is 123 Å². The lowest BCUT2D eigenvalue weighted by Crippen LogP contribution is -2.30. The van der Waals surface area contributed by atoms with Gasteiger partial charge in [-0.05, 0) is 19.4 Å². The summed E-state index contributed by atoms with van der Waals surface area (Å²) in [5.74, 6) is -0.454. The normalized spacial score (nSPS) is 18.2. The van der Waals surface area contributed by atoms with Gasteiger partial charge in [0.05, 0.1) is 10.5 Å². The van der Waals surface area contributed by atoms with E-state index in [0.717, 1.165) is 31.6 Å². The molecule has 1 aromatic heterocycles. The van der Waals surface area contributed by atoms with Crippen LogP contribution in [-0.2, 0) is 0 Å². The summed E-state index contributed by atoms with van der Waals surface area (Å²) in [7, 11) is 0. The molecule has 8 heteroatoms. The van der Waals surface area contributed by atoms with Crippen LogP contribution in [0.1, 0.15) is 23.2 Å². The Kier molecular flexibility index (Phi) is 3.91. The third kappa shape index (κ3) is 3.16. The van der Waals surface area contributed by atoms with Crippen molar-refractivity contribution in [1.82, 2.24) is 10.3 Å². The SMILES string of the molecule is NC(=O)c1cc([N+](=O)[O-])cnc1NCC1CCCN1. The third-order valence-electron chi connectivity index (χ3n) is 3.03. The molecule has 1 atom stereocenters. The standard InChI is InChI=1S/C11H15N5O3/c12-10(17)9-4-8(16(18)19)6-15-11(9)14-5-7-2-1-3-13-7/h4,6-7,13H,1-3,5H2,(H2,12,17)(H,14,15). The molecule has 2 rings (SSSR count). The number of aromatic nitrogens is 1. The predicted octanol–water partition coefficient (Wildman–Crippen LogP) is 0.253. The molecule has 2 heterocycles. The summed E-state index contributed by atoms with van der Waals surface area (Å²) in [6, 6.07) is 1.46. The van der Waals surface area contributed by atoms with Crippen LogP contribution in [-0.4, -0.2) is 34.9 Å². The number of carbonyl (C=O) groups excluding carboxylic acids is 1. The van der Waals surface area contributed by atoms with E-state index in [-0.39, 0.29) is 17.1 Å². The molecule has 1 saturated heterocycles. The molecule has 0 aliphatic carbocycles. The number of nitrogens with zero attached hydrogens (tertiary/aromatic N) is 2. The van der Waals surface area contributed by atoms with Gasteiger partial charge < -0.3 is 16.4 Å². The van der Waals surface area contributed by atoms with Crippen molar-refractivity contribution >= 4 is 17.4 Å². The minimum Gasteiger partial charge on any atom is -0.368 e. The van der Waals surface area contributed by atoms with Crippen molar-refractivity contribution in [3.05, 3.63) is 27.9 Å². The van der Waals surface area contributed by atoms with Crippen LogP contribution >= 0.6 is 0 Å². The molecular formula is C11H15N5O3. The van der Waals surface area contributed by atoms with Gasteiger partial charge in [-0.1, -0.05) is 0 Å². The molecule has 4 N–H and O–H groups in total. The van der Waals surface area contributed by atoms with E-state index in [1.54, 1.807) is 0 Å². The smallest absolute Gasteiger partial charge is 0.288 e. The van der Waals surface area contributed by atoms with Crippen LogP contribution < -0.4 is 16.4 Å². The van der Waals surface area contributed by atoms with Crippen molar-refractivity contribution in [3.8, 4) is 0 Å². The van der Waals surface area contributed by atoms with Gasteiger partial charge in [-0.25, -0.2) is 4.98 Å². The fourth-order valence-corrected chi connectivity index (χ4v) is 2.03. The van der Waals surface area contributed by atoms with Crippen molar-refractivity contribution in [2.75, 3.05) is 18.4 Å². The predicted molar refractivity (Wildman–Crippen MR) is 68.9 cm³/mol. The monoisotopic (exact) mass is 265 g/mol. The third-order valence-corrected chi connectivity index (χ3v) is 3.03. The highest BCUT2D eigenvalue weighted by Gasteiger charge is 2.18. The van der Waals surface area contributed by atoms with E-state index in [9.17, 15) is 14.9 Å². The molecule has 0 saturated carbocycles. The average molecular weight is 265 g/mol. The summed E-state index contributed by atoms with van der Waals surface area (Å²) in [6.45, 7) is 1.58. The van der Waals surface area contributed by atoms with Crippen LogP contribution in [0.4, 0.5) is 11.5 Å². The van der Waals surface area contributed by atoms with E-state index < -0.39 is 10.8 Å². The number of nitrogens with one attached hydrogen (secondary N) is 2. The first-order chi connectivity index (χ1) is 9.08. The Balaban J connectivity index is 2.14. The molecule has 0 aromatic carbocycles. The lowest BCUT2D eigenvalue weighted by Gasteiger charge is -2.13. The van der Waals surface area contributed by atoms with Crippen LogP contribution in [0.25, 0.3) is 0 Å². The van der Waals surface area contributed by atoms with Crippen molar-refractivity contribution in [2.24, 2.45) is 5.73 Å². The molecule has 1 aliphatic heterocycles. The van der Waals surface area contributed by atoms with Crippen LogP contribution in [0.2, 0.25) is 0 Å². The quantitative estimate of drug-likeness (QED) is 0.518. The summed E-state index contributed by atoms with van der Waals surface area (Å²) in [4.78, 5) is 25.2. The number of primary amides is 1. The number of nitrogens with two attached hydrogens (primary N) is 1. The van der Waals surface area contributed by atoms with Gasteiger partial charge in [0.1, 0.15) is 12.0 Å². The summed E-state index contributed by atoms with van der Waals surface area (Å²) in [6.07, 6.45) is 3.27. The maximum absolute atomic E-state index is 11.3. The molecule has 102 valence electrons. The van der Waals surface area contributed by atoms with Gasteiger partial charge in [0.25, 0.3) is 11.6 Å². The largest absolute Gasteiger partial charge is 0.368 e. The van der Waals surface area contributed by atoms with Crippen LogP contribution in [0.15, 0.2) is 12.3 Å². The zero-order chi connectivity index (χ0) is 13.8. The van der Waals surface area contributed by atoms with E-state index in [1.807, 2.05) is 0 Å². The number of pyridine rings is 1. The van der Waals surface area contributed by atoms with E-state index in [0.29, 0.717) is 12.6 Å². The highest BCUT2D eigenvalue weighted by atomic mass is 16.6. The van der Waals surface area contributed by atoms with Crippen molar-refractivity contribution < 1.29 is 9.72 Å². The molecule has 1 unspecified atom stereocenters. The Labute approximate surface area is 109 Å². The highest BCUT2D eigenvalue weighted by molar-refractivity contribution is 5.98. The lowest BCUT2D eigenvalue weighted by molar-refractivity contribution is -0.385. The van der Waals surface area contributed by atoms with Gasteiger partial charge in [0.2, 0.25) is 0 Å². The number of anilines is 1. The van der Waals surface area contributed by atoms with Gasteiger partial charge in [-0.2, -0.15) is 0 Å². The number of hydrogen-bond donors (Lipinski definition) is 3. The molecule has 8 nitrogen and oxygen atoms in total. The van der Waals surface area contributed by atoms with Gasteiger partial charge in [0.15, 0.2) is 0 Å². The number of hydrogen-bond acceptors (Lipinski definition) is 6. The maximum atomic E-state index is 11.3. The molecular weight excluding hydrogens is 250 g/mol. The van der Waals surface area contributed by atoms with Crippen molar-refractivity contribution in [3.63, 3.8) is 0 Å². The molecule has 0 bridgehead atoms. The molecule has 1 aromatic rings. The minimum atomic E-state index is -0.738. The molecule has 0 spiro atoms. The van der Waals surface area contributed by atoms with Gasteiger partial charge >= 0.3 is 0 Å². The van der Waals surface area contributed by atoms with Crippen LogP contribution in [0, 0.1) is 10.1 Å². The highest BCUT2D eigenvalue weighted by Crippen LogP contribution is 2.19. The van der Waals surface area contributed by atoms with Gasteiger partial charge in [-0.15, -0.1) is 0 Å². The van der Waals surface area contributed by atoms with Gasteiger partial charge in [0, 0.05) is 18.7 Å². The minimum absolute atomic E-state index is 0.0344. The Morgan fingerprint density at radius 2 is 2.47 bits per heavy atom. The first kappa shape index (κ1) is 13.2. The van der Waals surface area contributed by atoms with E-state index in [4.69, 9.17) is 5.73 Å². The summed E-state index contributed by atoms with van der Waals surface area (Å²) < 4.78 is 0. The Morgan fingerprint density at radius 3 is 3.05 bits per heavy atom. The molecule has 1 aliphatic rings. The van der Waals surface area contributed by atoms with Crippen LogP contribution in [0.3, 0.4) is 0 Å². The fraction of sp³-hybridized carbons (Fsp3) is 0.455. The first-order valence-corrected chi connectivity index (χ1v) is 5.99. The Bertz CT molecular complexity index is 499. The number of amides is 1. The van der Waals surface area contributed by atoms with Gasteiger partial charge in [-0.3, -0.25) is 14.9 Å². The second-order valence-corrected chi connectivity index (χ2v) is 4.39. The van der Waals surface area contributed by atoms with E-state index >= 15 is 0 Å². The summed E-state index contributed by atoms with van der Waals surface area (Å²) in [5, 5.41) is 16.9. The van der Waals surface area contributed by atoms with E-state index in [2.05, 4.69) is 15.6 Å². The molecule has 1 amide bonds. The van der Waals surface area contributed by atoms with Crippen LogP contribution in [0.5, 0.6) is 0 Å². The second kappa shape index (κ2) is 5.61. The summed E-state index contributed by atoms with van der Waals surface area (Å²) >= 11 is 0. The average Bonchev–Trinajstić information content (AvgIpc) is 2.89. The first-order valence-electron chi connectivity index (χ1n) is 5.99. The Hall–Kier alpha value is -2.22. The zero-order valence-electron chi connectivity index (χ0n) is 10.3. The number of nitro groups is 1. The second-order valence-electron chi connectivity index (χ2n) is 4.39. The Morgan fingerprint density at radius 1 is 1.68 bits per heavy atom. The zero-order valence-corrected chi connectivity index (χ0v) is 10.3. The number of carbonyl (C=O) groups is 1. The van der Waals surface area contributed by atoms with Crippen molar-refractivity contribution in [1.29, 1.82) is 0 Å². The molecule has 19 heavy (non-hydrogen) atoms. The fourth-order valence-electron chi connectivity index (χ4n) is 2.03. The lowest BCUT2D eigenvalue weighted by atomic mass is 10.2. The van der Waals surface area contributed by atoms with Crippen molar-refractivity contribution in [2.45, 2.75) is 18.9 Å². The number of rotatable bonds is 5. The maximum Gasteiger partial charge on any atom is 0.288 e. The molecule has 0 radical (unpaired) electrons. The molecule has 1 fully saturated rings. The summed E-state index contributed by atoms with van der Waals surface area (Å²) in [5.41, 5.74) is 4.99. The van der Waals surface area contributed by atoms with E-state index in [1.165, 1.54) is 0 Å².